The van der Waals surface area contributed by atoms with Crippen molar-refractivity contribution < 1.29 is 13.2 Å². The normalized spacial score (nSPS) is 12.1. The minimum atomic E-state index is -3.44. The zero-order chi connectivity index (χ0) is 15.9. The molecule has 0 atom stereocenters. The average Bonchev–Trinajstić information content (AvgIpc) is 2.45. The quantitative estimate of drug-likeness (QED) is 0.722. The van der Waals surface area contributed by atoms with Gasteiger partial charge in [-0.25, -0.2) is 12.7 Å². The minimum Gasteiger partial charge on any atom is -0.492 e. The van der Waals surface area contributed by atoms with Crippen LogP contribution in [-0.2, 0) is 10.0 Å². The lowest BCUT2D eigenvalue weighted by molar-refractivity contribution is 0.328. The van der Waals surface area contributed by atoms with Crippen molar-refractivity contribution in [3.63, 3.8) is 0 Å². The molecule has 0 saturated heterocycles. The van der Waals surface area contributed by atoms with Crippen molar-refractivity contribution in [1.29, 1.82) is 0 Å². The molecule has 2 N–H and O–H groups in total. The van der Waals surface area contributed by atoms with Crippen LogP contribution in [0.2, 0.25) is 0 Å². The fraction of sp³-hybridized carbons (Fsp3) is 0.571. The summed E-state index contributed by atoms with van der Waals surface area (Å²) in [6, 6.07) is 6.42. The monoisotopic (exact) mass is 315 g/mol. The highest BCUT2D eigenvalue weighted by Gasteiger charge is 2.20. The number of rotatable bonds is 9. The van der Waals surface area contributed by atoms with Crippen LogP contribution in [0.1, 0.15) is 6.42 Å². The van der Waals surface area contributed by atoms with E-state index in [0.29, 0.717) is 25.4 Å². The molecule has 0 unspecified atom stereocenters. The lowest BCUT2D eigenvalue weighted by Crippen LogP contribution is -2.29. The molecule has 1 aromatic rings. The molecule has 0 radical (unpaired) electrons. The highest BCUT2D eigenvalue weighted by Crippen LogP contribution is 2.18. The SMILES string of the molecule is CN(C)CCCN(C)S(=O)(=O)c1ccc(OCCN)cc1. The maximum Gasteiger partial charge on any atom is 0.242 e. The van der Waals surface area contributed by atoms with Crippen molar-refractivity contribution in [2.75, 3.05) is 47.4 Å². The molecule has 1 rings (SSSR count). The Hall–Kier alpha value is -1.15. The van der Waals surface area contributed by atoms with Crippen LogP contribution in [0.4, 0.5) is 0 Å². The standard InChI is InChI=1S/C14H25N3O3S/c1-16(2)10-4-11-17(3)21(18,19)14-7-5-13(6-8-14)20-12-9-15/h5-8H,4,9-12,15H2,1-3H3. The molecule has 0 spiro atoms. The molecule has 1 aromatic carbocycles. The van der Waals surface area contributed by atoms with Gasteiger partial charge < -0.3 is 15.4 Å². The Kier molecular flexibility index (Phi) is 7.10. The zero-order valence-corrected chi connectivity index (χ0v) is 13.8. The second-order valence-corrected chi connectivity index (χ2v) is 7.14. The van der Waals surface area contributed by atoms with Crippen molar-refractivity contribution in [3.05, 3.63) is 24.3 Å². The van der Waals surface area contributed by atoms with E-state index in [-0.39, 0.29) is 4.90 Å². The first-order chi connectivity index (χ1) is 9.87. The number of ether oxygens (including phenoxy) is 1. The van der Waals surface area contributed by atoms with Gasteiger partial charge in [0.1, 0.15) is 12.4 Å². The van der Waals surface area contributed by atoms with Gasteiger partial charge in [0, 0.05) is 20.1 Å². The summed E-state index contributed by atoms with van der Waals surface area (Å²) in [5.41, 5.74) is 5.35. The summed E-state index contributed by atoms with van der Waals surface area (Å²) in [5, 5.41) is 0. The molecule has 0 saturated carbocycles. The first kappa shape index (κ1) is 17.9. The van der Waals surface area contributed by atoms with E-state index in [9.17, 15) is 8.42 Å². The Balaban J connectivity index is 2.68. The number of hydrogen-bond donors (Lipinski definition) is 1. The fourth-order valence-electron chi connectivity index (χ4n) is 1.79. The molecule has 21 heavy (non-hydrogen) atoms. The van der Waals surface area contributed by atoms with E-state index in [2.05, 4.69) is 0 Å². The molecule has 6 nitrogen and oxygen atoms in total. The maximum atomic E-state index is 12.4. The molecule has 7 heteroatoms. The van der Waals surface area contributed by atoms with Gasteiger partial charge in [-0.1, -0.05) is 0 Å². The van der Waals surface area contributed by atoms with Crippen LogP contribution in [0.25, 0.3) is 0 Å². The number of sulfonamides is 1. The molecular weight excluding hydrogens is 290 g/mol. The van der Waals surface area contributed by atoms with E-state index in [0.717, 1.165) is 13.0 Å². The zero-order valence-electron chi connectivity index (χ0n) is 12.9. The second-order valence-electron chi connectivity index (χ2n) is 5.09. The Bertz CT molecular complexity index is 515. The molecular formula is C14H25N3O3S. The Morgan fingerprint density at radius 3 is 2.24 bits per heavy atom. The molecule has 0 aromatic heterocycles. The van der Waals surface area contributed by atoms with E-state index in [1.54, 1.807) is 31.3 Å². The van der Waals surface area contributed by atoms with Crippen LogP contribution in [0, 0.1) is 0 Å². The van der Waals surface area contributed by atoms with Gasteiger partial charge in [-0.3, -0.25) is 0 Å². The molecule has 0 fully saturated rings. The van der Waals surface area contributed by atoms with Gasteiger partial charge in [-0.15, -0.1) is 0 Å². The summed E-state index contributed by atoms with van der Waals surface area (Å²) < 4.78 is 31.5. The number of nitrogens with two attached hydrogens (primary N) is 1. The van der Waals surface area contributed by atoms with Crippen LogP contribution in [-0.4, -0.2) is 65.0 Å². The Morgan fingerprint density at radius 1 is 1.10 bits per heavy atom. The van der Waals surface area contributed by atoms with Crippen LogP contribution in [0.3, 0.4) is 0 Å². The maximum absolute atomic E-state index is 12.4. The molecule has 0 aliphatic rings. The summed E-state index contributed by atoms with van der Waals surface area (Å²) >= 11 is 0. The summed E-state index contributed by atoms with van der Waals surface area (Å²) in [7, 11) is 2.10. The van der Waals surface area contributed by atoms with Crippen LogP contribution in [0.15, 0.2) is 29.2 Å². The van der Waals surface area contributed by atoms with Crippen molar-refractivity contribution in [3.8, 4) is 5.75 Å². The number of benzene rings is 1. The highest BCUT2D eigenvalue weighted by molar-refractivity contribution is 7.89. The van der Waals surface area contributed by atoms with E-state index < -0.39 is 10.0 Å². The number of hydrogen-bond acceptors (Lipinski definition) is 5. The molecule has 0 heterocycles. The predicted molar refractivity (Wildman–Crippen MR) is 84.0 cm³/mol. The second kappa shape index (κ2) is 8.33. The summed E-state index contributed by atoms with van der Waals surface area (Å²) in [6.45, 7) is 2.18. The lowest BCUT2D eigenvalue weighted by atomic mass is 10.3. The van der Waals surface area contributed by atoms with Crippen molar-refractivity contribution in [2.24, 2.45) is 5.73 Å². The van der Waals surface area contributed by atoms with Gasteiger partial charge in [0.25, 0.3) is 0 Å². The van der Waals surface area contributed by atoms with Crippen LogP contribution >= 0.6 is 0 Å². The number of nitrogens with zero attached hydrogens (tertiary/aromatic N) is 2. The van der Waals surface area contributed by atoms with Crippen molar-refractivity contribution in [2.45, 2.75) is 11.3 Å². The molecule has 0 aliphatic carbocycles. The van der Waals surface area contributed by atoms with E-state index in [1.165, 1.54) is 4.31 Å². The van der Waals surface area contributed by atoms with Crippen LogP contribution < -0.4 is 10.5 Å². The summed E-state index contributed by atoms with van der Waals surface area (Å²) in [4.78, 5) is 2.30. The van der Waals surface area contributed by atoms with Gasteiger partial charge >= 0.3 is 0 Å². The van der Waals surface area contributed by atoms with Gasteiger partial charge in [0.15, 0.2) is 0 Å². The smallest absolute Gasteiger partial charge is 0.242 e. The van der Waals surface area contributed by atoms with Gasteiger partial charge in [-0.2, -0.15) is 0 Å². The molecule has 0 aliphatic heterocycles. The third kappa shape index (κ3) is 5.62. The molecule has 120 valence electrons. The van der Waals surface area contributed by atoms with Crippen molar-refractivity contribution in [1.82, 2.24) is 9.21 Å². The molecule has 0 bridgehead atoms. The lowest BCUT2D eigenvalue weighted by Gasteiger charge is -2.18. The Labute approximate surface area is 127 Å². The van der Waals surface area contributed by atoms with Crippen molar-refractivity contribution >= 4 is 10.0 Å². The van der Waals surface area contributed by atoms with Gasteiger partial charge in [0.2, 0.25) is 10.0 Å². The van der Waals surface area contributed by atoms with Gasteiger partial charge in [0.05, 0.1) is 4.90 Å². The largest absolute Gasteiger partial charge is 0.492 e. The highest BCUT2D eigenvalue weighted by atomic mass is 32.2. The topological polar surface area (TPSA) is 75.9 Å². The molecule has 0 amide bonds. The van der Waals surface area contributed by atoms with Crippen LogP contribution in [0.5, 0.6) is 5.75 Å². The first-order valence-electron chi connectivity index (χ1n) is 6.92. The summed E-state index contributed by atoms with van der Waals surface area (Å²) in [5.74, 6) is 0.620. The third-order valence-electron chi connectivity index (χ3n) is 3.00. The first-order valence-corrected chi connectivity index (χ1v) is 8.36. The van der Waals surface area contributed by atoms with E-state index >= 15 is 0 Å². The van der Waals surface area contributed by atoms with E-state index in [4.69, 9.17) is 10.5 Å². The minimum absolute atomic E-state index is 0.273. The summed E-state index contributed by atoms with van der Waals surface area (Å²) in [6.07, 6.45) is 0.792. The third-order valence-corrected chi connectivity index (χ3v) is 4.87. The Morgan fingerprint density at radius 2 is 1.71 bits per heavy atom. The predicted octanol–water partition coefficient (Wildman–Crippen LogP) is 0.596. The fourth-order valence-corrected chi connectivity index (χ4v) is 3.00. The van der Waals surface area contributed by atoms with E-state index in [1.807, 2.05) is 19.0 Å². The average molecular weight is 315 g/mol. The van der Waals surface area contributed by atoms with Gasteiger partial charge in [-0.05, 0) is 51.3 Å².